The third-order valence-electron chi connectivity index (χ3n) is 4.77. The van der Waals surface area contributed by atoms with E-state index in [0.717, 1.165) is 11.1 Å². The number of carbonyl (C=O) groups excluding carboxylic acids is 1. The molecule has 0 radical (unpaired) electrons. The SMILES string of the molecule is Cc1cccc(O[C@H](C)C(=O)Nc2ccc(S(=O)(=O)Nc3cc(Cl)cc(Cl)c3)cc2)c1C. The molecule has 0 fully saturated rings. The first kappa shape index (κ1) is 23.9. The van der Waals surface area contributed by atoms with E-state index < -0.39 is 16.1 Å². The number of halogens is 2. The summed E-state index contributed by atoms with van der Waals surface area (Å²) in [7, 11) is -3.86. The molecule has 0 heterocycles. The van der Waals surface area contributed by atoms with Gasteiger partial charge in [-0.05, 0) is 80.4 Å². The maximum atomic E-state index is 12.6. The minimum atomic E-state index is -3.86. The molecule has 0 aliphatic rings. The van der Waals surface area contributed by atoms with Crippen LogP contribution in [0.1, 0.15) is 18.1 Å². The van der Waals surface area contributed by atoms with Gasteiger partial charge in [0.1, 0.15) is 5.75 Å². The topological polar surface area (TPSA) is 84.5 Å². The summed E-state index contributed by atoms with van der Waals surface area (Å²) in [5.74, 6) is 0.287. The molecule has 0 bridgehead atoms. The van der Waals surface area contributed by atoms with E-state index in [0.29, 0.717) is 21.5 Å². The number of rotatable bonds is 7. The summed E-state index contributed by atoms with van der Waals surface area (Å²) in [6, 6.07) is 15.8. The molecule has 0 aliphatic carbocycles. The van der Waals surface area contributed by atoms with Gasteiger partial charge in [0.05, 0.1) is 10.6 Å². The van der Waals surface area contributed by atoms with Crippen molar-refractivity contribution in [2.75, 3.05) is 10.0 Å². The van der Waals surface area contributed by atoms with Crippen LogP contribution in [0.25, 0.3) is 0 Å². The predicted molar refractivity (Wildman–Crippen MR) is 128 cm³/mol. The Kier molecular flexibility index (Phi) is 7.33. The number of hydrogen-bond acceptors (Lipinski definition) is 4. The molecule has 0 spiro atoms. The highest BCUT2D eigenvalue weighted by atomic mass is 35.5. The summed E-state index contributed by atoms with van der Waals surface area (Å²) in [4.78, 5) is 12.5. The lowest BCUT2D eigenvalue weighted by atomic mass is 10.1. The number of hydrogen-bond donors (Lipinski definition) is 2. The molecule has 0 unspecified atom stereocenters. The standard InChI is InChI=1S/C23H22Cl2N2O4S/c1-14-5-4-6-22(15(14)2)31-16(3)23(28)26-19-7-9-21(10-8-19)32(29,30)27-20-12-17(24)11-18(25)13-20/h4-13,16,27H,1-3H3,(H,26,28)/t16-/m1/s1. The van der Waals surface area contributed by atoms with Crippen LogP contribution in [0, 0.1) is 13.8 Å². The van der Waals surface area contributed by atoms with Gasteiger partial charge < -0.3 is 10.1 Å². The second kappa shape index (κ2) is 9.81. The number of sulfonamides is 1. The van der Waals surface area contributed by atoms with Crippen LogP contribution in [-0.2, 0) is 14.8 Å². The second-order valence-electron chi connectivity index (χ2n) is 7.24. The van der Waals surface area contributed by atoms with Gasteiger partial charge in [0.15, 0.2) is 6.10 Å². The van der Waals surface area contributed by atoms with Gasteiger partial charge in [-0.3, -0.25) is 9.52 Å². The van der Waals surface area contributed by atoms with E-state index in [1.54, 1.807) is 6.92 Å². The van der Waals surface area contributed by atoms with Gasteiger partial charge in [-0.15, -0.1) is 0 Å². The Morgan fingerprint density at radius 3 is 2.19 bits per heavy atom. The first-order valence-electron chi connectivity index (χ1n) is 9.68. The fourth-order valence-electron chi connectivity index (χ4n) is 2.88. The number of aryl methyl sites for hydroxylation is 1. The molecule has 32 heavy (non-hydrogen) atoms. The smallest absolute Gasteiger partial charge is 0.265 e. The van der Waals surface area contributed by atoms with Crippen molar-refractivity contribution in [3.63, 3.8) is 0 Å². The van der Waals surface area contributed by atoms with Gasteiger partial charge >= 0.3 is 0 Å². The van der Waals surface area contributed by atoms with Gasteiger partial charge in [-0.2, -0.15) is 0 Å². The highest BCUT2D eigenvalue weighted by Gasteiger charge is 2.18. The Bertz CT molecular complexity index is 1230. The van der Waals surface area contributed by atoms with Crippen molar-refractivity contribution in [2.45, 2.75) is 31.8 Å². The van der Waals surface area contributed by atoms with E-state index in [1.807, 2.05) is 32.0 Å². The lowest BCUT2D eigenvalue weighted by Crippen LogP contribution is -2.30. The summed E-state index contributed by atoms with van der Waals surface area (Å²) in [5, 5.41) is 3.35. The normalized spacial score (nSPS) is 12.2. The lowest BCUT2D eigenvalue weighted by Gasteiger charge is -2.17. The molecule has 0 aliphatic heterocycles. The van der Waals surface area contributed by atoms with E-state index in [4.69, 9.17) is 27.9 Å². The fourth-order valence-corrected chi connectivity index (χ4v) is 4.45. The summed E-state index contributed by atoms with van der Waals surface area (Å²) in [6.45, 7) is 5.55. The zero-order valence-corrected chi connectivity index (χ0v) is 20.0. The molecule has 6 nitrogen and oxygen atoms in total. The molecule has 168 valence electrons. The number of benzene rings is 3. The van der Waals surface area contributed by atoms with E-state index >= 15 is 0 Å². The van der Waals surface area contributed by atoms with Crippen molar-refractivity contribution >= 4 is 50.5 Å². The largest absolute Gasteiger partial charge is 0.481 e. The monoisotopic (exact) mass is 492 g/mol. The average molecular weight is 493 g/mol. The minimum absolute atomic E-state index is 0.0197. The zero-order chi connectivity index (χ0) is 23.5. The molecule has 1 amide bonds. The van der Waals surface area contributed by atoms with Crippen molar-refractivity contribution in [1.29, 1.82) is 0 Å². The number of carbonyl (C=O) groups is 1. The van der Waals surface area contributed by atoms with E-state index in [9.17, 15) is 13.2 Å². The van der Waals surface area contributed by atoms with Crippen molar-refractivity contribution in [1.82, 2.24) is 0 Å². The average Bonchev–Trinajstić information content (AvgIpc) is 2.70. The third-order valence-corrected chi connectivity index (χ3v) is 6.61. The Morgan fingerprint density at radius 2 is 1.56 bits per heavy atom. The minimum Gasteiger partial charge on any atom is -0.481 e. The lowest BCUT2D eigenvalue weighted by molar-refractivity contribution is -0.122. The summed E-state index contributed by atoms with van der Waals surface area (Å²) >= 11 is 11.8. The Labute approximate surface area is 197 Å². The quantitative estimate of drug-likeness (QED) is 0.435. The van der Waals surface area contributed by atoms with Gasteiger partial charge in [0, 0.05) is 15.7 Å². The van der Waals surface area contributed by atoms with Crippen molar-refractivity contribution in [2.24, 2.45) is 0 Å². The number of amides is 1. The first-order valence-corrected chi connectivity index (χ1v) is 11.9. The maximum absolute atomic E-state index is 12.6. The van der Waals surface area contributed by atoms with Gasteiger partial charge in [-0.1, -0.05) is 35.3 Å². The Hall–Kier alpha value is -2.74. The van der Waals surface area contributed by atoms with Crippen molar-refractivity contribution in [3.8, 4) is 5.75 Å². The molecule has 0 aromatic heterocycles. The van der Waals surface area contributed by atoms with Crippen LogP contribution in [-0.4, -0.2) is 20.4 Å². The van der Waals surface area contributed by atoms with E-state index in [1.165, 1.54) is 42.5 Å². The van der Waals surface area contributed by atoms with Crippen LogP contribution in [0.4, 0.5) is 11.4 Å². The molecular formula is C23H22Cl2N2O4S. The van der Waals surface area contributed by atoms with Crippen LogP contribution in [0.15, 0.2) is 65.6 Å². The molecular weight excluding hydrogens is 471 g/mol. The zero-order valence-electron chi connectivity index (χ0n) is 17.6. The van der Waals surface area contributed by atoms with Crippen LogP contribution in [0.5, 0.6) is 5.75 Å². The second-order valence-corrected chi connectivity index (χ2v) is 9.79. The van der Waals surface area contributed by atoms with Crippen LogP contribution >= 0.6 is 23.2 Å². The summed E-state index contributed by atoms with van der Waals surface area (Å²) in [5.41, 5.74) is 2.73. The van der Waals surface area contributed by atoms with E-state index in [2.05, 4.69) is 10.0 Å². The number of anilines is 2. The Balaban J connectivity index is 1.67. The molecule has 3 aromatic carbocycles. The predicted octanol–water partition coefficient (Wildman–Crippen LogP) is 5.82. The van der Waals surface area contributed by atoms with Crippen molar-refractivity contribution in [3.05, 3.63) is 81.8 Å². The molecule has 0 saturated carbocycles. The number of nitrogens with one attached hydrogen (secondary N) is 2. The van der Waals surface area contributed by atoms with Crippen LogP contribution in [0.2, 0.25) is 10.0 Å². The number of ether oxygens (including phenoxy) is 1. The van der Waals surface area contributed by atoms with Gasteiger partial charge in [-0.25, -0.2) is 8.42 Å². The summed E-state index contributed by atoms with van der Waals surface area (Å²) in [6.07, 6.45) is -0.742. The molecule has 2 N–H and O–H groups in total. The van der Waals surface area contributed by atoms with Crippen LogP contribution < -0.4 is 14.8 Å². The first-order chi connectivity index (χ1) is 15.0. The summed E-state index contributed by atoms with van der Waals surface area (Å²) < 4.78 is 33.5. The maximum Gasteiger partial charge on any atom is 0.265 e. The van der Waals surface area contributed by atoms with Gasteiger partial charge in [0.25, 0.3) is 15.9 Å². The van der Waals surface area contributed by atoms with Crippen LogP contribution in [0.3, 0.4) is 0 Å². The molecule has 9 heteroatoms. The molecule has 0 saturated heterocycles. The van der Waals surface area contributed by atoms with Crippen molar-refractivity contribution < 1.29 is 17.9 Å². The fraction of sp³-hybridized carbons (Fsp3) is 0.174. The molecule has 1 atom stereocenters. The molecule has 3 rings (SSSR count). The van der Waals surface area contributed by atoms with E-state index in [-0.39, 0.29) is 16.5 Å². The highest BCUT2D eigenvalue weighted by molar-refractivity contribution is 7.92. The highest BCUT2D eigenvalue weighted by Crippen LogP contribution is 2.25. The molecule has 3 aromatic rings. The Morgan fingerprint density at radius 1 is 0.938 bits per heavy atom. The third kappa shape index (κ3) is 5.94. The van der Waals surface area contributed by atoms with Gasteiger partial charge in [0.2, 0.25) is 0 Å².